The summed E-state index contributed by atoms with van der Waals surface area (Å²) in [5, 5.41) is 10.1. The number of nitrogens with zero attached hydrogens (tertiary/aromatic N) is 2. The summed E-state index contributed by atoms with van der Waals surface area (Å²) in [4.78, 5) is 4.13. The van der Waals surface area contributed by atoms with E-state index in [1.54, 1.807) is 0 Å². The highest BCUT2D eigenvalue weighted by molar-refractivity contribution is 5.38. The molecule has 0 saturated carbocycles. The molecule has 0 radical (unpaired) electrons. The lowest BCUT2D eigenvalue weighted by molar-refractivity contribution is 0.156. The second-order valence-electron chi connectivity index (χ2n) is 5.23. The molecule has 0 spiro atoms. The van der Waals surface area contributed by atoms with Crippen LogP contribution in [0, 0.1) is 0 Å². The van der Waals surface area contributed by atoms with E-state index in [0.717, 1.165) is 42.8 Å². The van der Waals surface area contributed by atoms with Crippen LogP contribution in [0.4, 0.5) is 0 Å². The zero-order valence-electron chi connectivity index (χ0n) is 11.7. The summed E-state index contributed by atoms with van der Waals surface area (Å²) in [6.07, 6.45) is 6.26. The van der Waals surface area contributed by atoms with Gasteiger partial charge in [0.1, 0.15) is 12.4 Å². The fourth-order valence-electron chi connectivity index (χ4n) is 2.75. The fraction of sp³-hybridized carbons (Fsp3) is 0.438. The molecule has 0 fully saturated rings. The molecule has 1 heterocycles. The highest BCUT2D eigenvalue weighted by atomic mass is 16.5. The van der Waals surface area contributed by atoms with E-state index < -0.39 is 0 Å². The first-order chi connectivity index (χ1) is 9.78. The van der Waals surface area contributed by atoms with Crippen LogP contribution in [0.2, 0.25) is 0 Å². The molecule has 2 aromatic rings. The monoisotopic (exact) mass is 272 g/mol. The Kier molecular flexibility index (Phi) is 3.74. The molecule has 1 N–H and O–H groups in total. The van der Waals surface area contributed by atoms with Crippen molar-refractivity contribution >= 4 is 0 Å². The fourth-order valence-corrected chi connectivity index (χ4v) is 2.75. The summed E-state index contributed by atoms with van der Waals surface area (Å²) in [7, 11) is 0. The Balaban J connectivity index is 1.73. The summed E-state index contributed by atoms with van der Waals surface area (Å²) in [6.45, 7) is 3.48. The molecule has 4 heteroatoms. The van der Waals surface area contributed by atoms with Gasteiger partial charge in [0.25, 0.3) is 0 Å². The number of imidazole rings is 1. The SMILES string of the molecule is CCn1cncc1COc1ccc2c(c1)C(O)CCC2. The second kappa shape index (κ2) is 5.67. The van der Waals surface area contributed by atoms with Crippen molar-refractivity contribution in [1.82, 2.24) is 9.55 Å². The predicted octanol–water partition coefficient (Wildman–Crippen LogP) is 2.85. The largest absolute Gasteiger partial charge is 0.487 e. The predicted molar refractivity (Wildman–Crippen MR) is 76.6 cm³/mol. The number of fused-ring (bicyclic) bond motifs is 1. The van der Waals surface area contributed by atoms with Gasteiger partial charge >= 0.3 is 0 Å². The van der Waals surface area contributed by atoms with Crippen molar-refractivity contribution < 1.29 is 9.84 Å². The Morgan fingerprint density at radius 3 is 3.20 bits per heavy atom. The molecule has 0 amide bonds. The highest BCUT2D eigenvalue weighted by Gasteiger charge is 2.18. The summed E-state index contributed by atoms with van der Waals surface area (Å²) in [5.74, 6) is 0.813. The van der Waals surface area contributed by atoms with Crippen LogP contribution in [-0.4, -0.2) is 14.7 Å². The van der Waals surface area contributed by atoms with Gasteiger partial charge in [-0.25, -0.2) is 4.98 Å². The minimum atomic E-state index is -0.344. The van der Waals surface area contributed by atoms with Crippen molar-refractivity contribution in [2.45, 2.75) is 45.4 Å². The lowest BCUT2D eigenvalue weighted by atomic mass is 9.89. The van der Waals surface area contributed by atoms with E-state index in [1.807, 2.05) is 24.7 Å². The third kappa shape index (κ3) is 2.56. The number of ether oxygens (including phenoxy) is 1. The van der Waals surface area contributed by atoms with Crippen molar-refractivity contribution in [1.29, 1.82) is 0 Å². The third-order valence-corrected chi connectivity index (χ3v) is 3.93. The molecule has 0 bridgehead atoms. The van der Waals surface area contributed by atoms with Gasteiger partial charge in [0.15, 0.2) is 0 Å². The molecule has 3 rings (SSSR count). The normalized spacial score (nSPS) is 17.8. The van der Waals surface area contributed by atoms with Crippen LogP contribution in [0.3, 0.4) is 0 Å². The highest BCUT2D eigenvalue weighted by Crippen LogP contribution is 2.32. The van der Waals surface area contributed by atoms with Gasteiger partial charge in [-0.05, 0) is 49.4 Å². The first-order valence-electron chi connectivity index (χ1n) is 7.20. The number of benzene rings is 1. The van der Waals surface area contributed by atoms with Crippen LogP contribution >= 0.6 is 0 Å². The molecule has 1 aliphatic carbocycles. The number of aliphatic hydroxyl groups excluding tert-OH is 1. The smallest absolute Gasteiger partial charge is 0.130 e. The molecule has 1 aromatic heterocycles. The van der Waals surface area contributed by atoms with Crippen molar-refractivity contribution in [2.24, 2.45) is 0 Å². The van der Waals surface area contributed by atoms with Crippen molar-refractivity contribution in [3.05, 3.63) is 47.5 Å². The van der Waals surface area contributed by atoms with Crippen LogP contribution in [0.5, 0.6) is 5.75 Å². The van der Waals surface area contributed by atoms with E-state index >= 15 is 0 Å². The summed E-state index contributed by atoms with van der Waals surface area (Å²) >= 11 is 0. The van der Waals surface area contributed by atoms with Crippen LogP contribution in [0.25, 0.3) is 0 Å². The molecule has 4 nitrogen and oxygen atoms in total. The summed E-state index contributed by atoms with van der Waals surface area (Å²) in [5.41, 5.74) is 3.33. The molecule has 0 saturated heterocycles. The van der Waals surface area contributed by atoms with Crippen LogP contribution in [-0.2, 0) is 19.6 Å². The maximum atomic E-state index is 10.1. The lowest BCUT2D eigenvalue weighted by Crippen LogP contribution is -2.09. The standard InChI is InChI=1S/C16H20N2O2/c1-2-18-11-17-9-13(18)10-20-14-7-6-12-4-3-5-16(19)15(12)8-14/h6-9,11,16,19H,2-5,10H2,1H3. The molecule has 1 aromatic carbocycles. The summed E-state index contributed by atoms with van der Waals surface area (Å²) < 4.78 is 7.90. The molecule has 1 aliphatic rings. The molecule has 20 heavy (non-hydrogen) atoms. The number of aromatic nitrogens is 2. The number of aryl methyl sites for hydroxylation is 2. The van der Waals surface area contributed by atoms with Crippen molar-refractivity contribution in [2.75, 3.05) is 0 Å². The number of hydrogen-bond donors (Lipinski definition) is 1. The average Bonchev–Trinajstić information content (AvgIpc) is 2.93. The van der Waals surface area contributed by atoms with E-state index in [0.29, 0.717) is 6.61 Å². The average molecular weight is 272 g/mol. The first-order valence-corrected chi connectivity index (χ1v) is 7.20. The summed E-state index contributed by atoms with van der Waals surface area (Å²) in [6, 6.07) is 6.04. The van der Waals surface area contributed by atoms with Crippen molar-refractivity contribution in [3.63, 3.8) is 0 Å². The maximum absolute atomic E-state index is 10.1. The zero-order chi connectivity index (χ0) is 13.9. The second-order valence-corrected chi connectivity index (χ2v) is 5.23. The minimum Gasteiger partial charge on any atom is -0.487 e. The lowest BCUT2D eigenvalue weighted by Gasteiger charge is -2.22. The van der Waals surface area contributed by atoms with E-state index in [1.165, 1.54) is 5.56 Å². The molecule has 1 unspecified atom stereocenters. The Morgan fingerprint density at radius 1 is 1.45 bits per heavy atom. The zero-order valence-corrected chi connectivity index (χ0v) is 11.7. The Labute approximate surface area is 119 Å². The van der Waals surface area contributed by atoms with E-state index in [-0.39, 0.29) is 6.10 Å². The van der Waals surface area contributed by atoms with Gasteiger partial charge in [0.2, 0.25) is 0 Å². The van der Waals surface area contributed by atoms with E-state index in [4.69, 9.17) is 4.74 Å². The van der Waals surface area contributed by atoms with Gasteiger partial charge in [-0.15, -0.1) is 0 Å². The molecular weight excluding hydrogens is 252 g/mol. The third-order valence-electron chi connectivity index (χ3n) is 3.93. The van der Waals surface area contributed by atoms with Crippen LogP contribution in [0.15, 0.2) is 30.7 Å². The van der Waals surface area contributed by atoms with E-state index in [9.17, 15) is 5.11 Å². The Morgan fingerprint density at radius 2 is 2.35 bits per heavy atom. The molecule has 1 atom stereocenters. The quantitative estimate of drug-likeness (QED) is 0.931. The van der Waals surface area contributed by atoms with Crippen LogP contribution in [0.1, 0.15) is 42.7 Å². The topological polar surface area (TPSA) is 47.3 Å². The van der Waals surface area contributed by atoms with Gasteiger partial charge in [0.05, 0.1) is 24.3 Å². The van der Waals surface area contributed by atoms with Gasteiger partial charge in [0, 0.05) is 6.54 Å². The Bertz CT molecular complexity index is 592. The first kappa shape index (κ1) is 13.2. The minimum absolute atomic E-state index is 0.344. The number of aliphatic hydroxyl groups is 1. The van der Waals surface area contributed by atoms with Gasteiger partial charge in [-0.1, -0.05) is 6.07 Å². The maximum Gasteiger partial charge on any atom is 0.130 e. The van der Waals surface area contributed by atoms with E-state index in [2.05, 4.69) is 22.5 Å². The molecule has 106 valence electrons. The van der Waals surface area contributed by atoms with Crippen LogP contribution < -0.4 is 4.74 Å². The van der Waals surface area contributed by atoms with Gasteiger partial charge in [-0.3, -0.25) is 0 Å². The molecule has 0 aliphatic heterocycles. The van der Waals surface area contributed by atoms with Gasteiger partial charge < -0.3 is 14.4 Å². The number of rotatable bonds is 4. The number of hydrogen-bond acceptors (Lipinski definition) is 3. The van der Waals surface area contributed by atoms with Gasteiger partial charge in [-0.2, -0.15) is 0 Å². The Hall–Kier alpha value is -1.81. The molecular formula is C16H20N2O2. The van der Waals surface area contributed by atoms with Crippen molar-refractivity contribution in [3.8, 4) is 5.75 Å².